The third-order valence-electron chi connectivity index (χ3n) is 3.13. The van der Waals surface area contributed by atoms with Gasteiger partial charge in [-0.2, -0.15) is 0 Å². The molecule has 2 rings (SSSR count). The number of hydrogen-bond acceptors (Lipinski definition) is 5. The fraction of sp³-hybridized carbons (Fsp3) is 0.308. The second-order valence-electron chi connectivity index (χ2n) is 4.83. The number of aryl methyl sites for hydroxylation is 1. The predicted octanol–water partition coefficient (Wildman–Crippen LogP) is -0.533. The molecule has 0 saturated carbocycles. The van der Waals surface area contributed by atoms with Crippen LogP contribution < -0.4 is 11.2 Å². The first-order valence-electron chi connectivity index (χ1n) is 6.41. The molecule has 0 aliphatic carbocycles. The number of hydrogen-bond donors (Lipinski definition) is 3. The maximum atomic E-state index is 12.2. The molecule has 1 amide bonds. The van der Waals surface area contributed by atoms with E-state index in [-0.39, 0.29) is 29.7 Å². The van der Waals surface area contributed by atoms with E-state index in [0.717, 1.165) is 0 Å². The van der Waals surface area contributed by atoms with Gasteiger partial charge in [0.1, 0.15) is 11.3 Å². The van der Waals surface area contributed by atoms with Gasteiger partial charge in [-0.3, -0.25) is 24.4 Å². The van der Waals surface area contributed by atoms with E-state index in [1.165, 1.54) is 18.0 Å². The van der Waals surface area contributed by atoms with Gasteiger partial charge in [0.25, 0.3) is 11.5 Å². The van der Waals surface area contributed by atoms with Crippen molar-refractivity contribution in [1.82, 2.24) is 19.9 Å². The van der Waals surface area contributed by atoms with Gasteiger partial charge in [0.2, 0.25) is 0 Å². The molecule has 0 aliphatic rings. The number of aromatic amines is 2. The molecule has 2 heterocycles. The molecule has 116 valence electrons. The number of rotatable bonds is 4. The Kier molecular flexibility index (Phi) is 4.06. The Balaban J connectivity index is 2.44. The summed E-state index contributed by atoms with van der Waals surface area (Å²) in [6, 6.07) is 1.43. The molecular formula is C13H14N4O5. The van der Waals surface area contributed by atoms with Crippen LogP contribution in [0.25, 0.3) is 11.0 Å². The summed E-state index contributed by atoms with van der Waals surface area (Å²) >= 11 is 0. The smallest absolute Gasteiger partial charge is 0.327 e. The Morgan fingerprint density at radius 3 is 2.64 bits per heavy atom. The van der Waals surface area contributed by atoms with Crippen LogP contribution in [0.5, 0.6) is 0 Å². The number of carbonyl (C=O) groups is 2. The summed E-state index contributed by atoms with van der Waals surface area (Å²) in [5, 5.41) is 8.83. The largest absolute Gasteiger partial charge is 0.481 e. The van der Waals surface area contributed by atoms with Gasteiger partial charge in [-0.25, -0.2) is 9.78 Å². The zero-order valence-corrected chi connectivity index (χ0v) is 12.0. The van der Waals surface area contributed by atoms with Gasteiger partial charge in [0, 0.05) is 13.6 Å². The van der Waals surface area contributed by atoms with Crippen LogP contribution in [0.4, 0.5) is 0 Å². The van der Waals surface area contributed by atoms with Crippen LogP contribution in [-0.4, -0.2) is 50.4 Å². The third-order valence-corrected chi connectivity index (χ3v) is 3.13. The van der Waals surface area contributed by atoms with Crippen LogP contribution in [0.2, 0.25) is 0 Å². The quantitative estimate of drug-likeness (QED) is 0.694. The Bertz CT molecular complexity index is 867. The lowest BCUT2D eigenvalue weighted by Gasteiger charge is -2.16. The molecule has 3 N–H and O–H groups in total. The summed E-state index contributed by atoms with van der Waals surface area (Å²) in [6.45, 7) is 1.64. The molecular weight excluding hydrogens is 292 g/mol. The van der Waals surface area contributed by atoms with Gasteiger partial charge >= 0.3 is 11.7 Å². The molecule has 0 radical (unpaired) electrons. The fourth-order valence-electron chi connectivity index (χ4n) is 2.02. The molecule has 0 aliphatic heterocycles. The van der Waals surface area contributed by atoms with Crippen molar-refractivity contribution < 1.29 is 14.7 Å². The number of carboxylic acids is 1. The molecule has 0 saturated heterocycles. The first-order chi connectivity index (χ1) is 10.3. The highest BCUT2D eigenvalue weighted by Gasteiger charge is 2.17. The molecule has 0 aromatic carbocycles. The van der Waals surface area contributed by atoms with E-state index < -0.39 is 23.1 Å². The van der Waals surface area contributed by atoms with Crippen LogP contribution >= 0.6 is 0 Å². The van der Waals surface area contributed by atoms with Gasteiger partial charge in [-0.1, -0.05) is 0 Å². The molecule has 2 aromatic rings. The number of pyridine rings is 1. The van der Waals surface area contributed by atoms with Gasteiger partial charge < -0.3 is 10.0 Å². The lowest BCUT2D eigenvalue weighted by Crippen LogP contribution is -2.30. The molecule has 0 bridgehead atoms. The van der Waals surface area contributed by atoms with Crippen LogP contribution in [-0.2, 0) is 4.79 Å². The van der Waals surface area contributed by atoms with E-state index in [1.54, 1.807) is 6.92 Å². The lowest BCUT2D eigenvalue weighted by atomic mass is 10.1. The zero-order chi connectivity index (χ0) is 16.4. The van der Waals surface area contributed by atoms with E-state index in [1.807, 2.05) is 0 Å². The first kappa shape index (κ1) is 15.4. The van der Waals surface area contributed by atoms with Crippen molar-refractivity contribution in [3.8, 4) is 0 Å². The van der Waals surface area contributed by atoms with Crippen molar-refractivity contribution in [1.29, 1.82) is 0 Å². The molecule has 9 nitrogen and oxygen atoms in total. The number of carboxylic acid groups (broad SMARTS) is 1. The number of aromatic nitrogens is 3. The standard InChI is InChI=1S/C13H14N4O5/c1-6-5-7(12(21)17(2)4-3-8(18)19)14-10-9(6)11(20)16-13(22)15-10/h5H,3-4H2,1-2H3,(H,18,19)(H2,14,15,16,20,22). The Morgan fingerprint density at radius 2 is 2.00 bits per heavy atom. The topological polar surface area (TPSA) is 136 Å². The highest BCUT2D eigenvalue weighted by Crippen LogP contribution is 2.12. The lowest BCUT2D eigenvalue weighted by molar-refractivity contribution is -0.137. The fourth-order valence-corrected chi connectivity index (χ4v) is 2.02. The average Bonchev–Trinajstić information content (AvgIpc) is 2.42. The second-order valence-corrected chi connectivity index (χ2v) is 4.83. The summed E-state index contributed by atoms with van der Waals surface area (Å²) < 4.78 is 0. The summed E-state index contributed by atoms with van der Waals surface area (Å²) in [5.74, 6) is -1.51. The number of aliphatic carboxylic acids is 1. The van der Waals surface area contributed by atoms with E-state index in [2.05, 4.69) is 15.0 Å². The Labute approximate surface area is 123 Å². The molecule has 0 fully saturated rings. The van der Waals surface area contributed by atoms with Gasteiger partial charge in [0.05, 0.1) is 11.8 Å². The van der Waals surface area contributed by atoms with Crippen molar-refractivity contribution in [3.63, 3.8) is 0 Å². The predicted molar refractivity (Wildman–Crippen MR) is 76.9 cm³/mol. The normalized spacial score (nSPS) is 10.6. The number of nitrogens with one attached hydrogen (secondary N) is 2. The molecule has 9 heteroatoms. The van der Waals surface area contributed by atoms with Crippen LogP contribution in [0.3, 0.4) is 0 Å². The summed E-state index contributed by atoms with van der Waals surface area (Å²) in [6.07, 6.45) is -0.189. The van der Waals surface area contributed by atoms with E-state index in [0.29, 0.717) is 5.56 Å². The SMILES string of the molecule is Cc1cc(C(=O)N(C)CCC(=O)O)nc2[nH]c(=O)[nH]c(=O)c12. The highest BCUT2D eigenvalue weighted by atomic mass is 16.4. The van der Waals surface area contributed by atoms with E-state index >= 15 is 0 Å². The minimum absolute atomic E-state index is 0.0173. The van der Waals surface area contributed by atoms with Crippen molar-refractivity contribution in [2.75, 3.05) is 13.6 Å². The average molecular weight is 306 g/mol. The molecule has 2 aromatic heterocycles. The van der Waals surface area contributed by atoms with Gasteiger partial charge in [0.15, 0.2) is 0 Å². The maximum Gasteiger partial charge on any atom is 0.327 e. The molecule has 0 atom stereocenters. The zero-order valence-electron chi connectivity index (χ0n) is 12.0. The van der Waals surface area contributed by atoms with E-state index in [4.69, 9.17) is 5.11 Å². The maximum absolute atomic E-state index is 12.2. The number of carbonyl (C=O) groups excluding carboxylic acids is 1. The third kappa shape index (κ3) is 3.03. The van der Waals surface area contributed by atoms with Crippen LogP contribution in [0.15, 0.2) is 15.7 Å². The number of nitrogens with zero attached hydrogens (tertiary/aromatic N) is 2. The number of fused-ring (bicyclic) bond motifs is 1. The molecule has 0 unspecified atom stereocenters. The minimum atomic E-state index is -1.02. The Morgan fingerprint density at radius 1 is 1.32 bits per heavy atom. The number of H-pyrrole nitrogens is 2. The van der Waals surface area contributed by atoms with Crippen LogP contribution in [0.1, 0.15) is 22.5 Å². The molecule has 22 heavy (non-hydrogen) atoms. The van der Waals surface area contributed by atoms with Gasteiger partial charge in [-0.05, 0) is 18.6 Å². The monoisotopic (exact) mass is 306 g/mol. The number of amides is 1. The Hall–Kier alpha value is -2.97. The van der Waals surface area contributed by atoms with Crippen molar-refractivity contribution in [2.24, 2.45) is 0 Å². The first-order valence-corrected chi connectivity index (χ1v) is 6.41. The van der Waals surface area contributed by atoms with Crippen molar-refractivity contribution in [3.05, 3.63) is 38.2 Å². The van der Waals surface area contributed by atoms with Crippen molar-refractivity contribution >= 4 is 22.9 Å². The van der Waals surface area contributed by atoms with Crippen molar-refractivity contribution in [2.45, 2.75) is 13.3 Å². The summed E-state index contributed by atoms with van der Waals surface area (Å²) in [5.41, 5.74) is -0.768. The molecule has 0 spiro atoms. The van der Waals surface area contributed by atoms with Gasteiger partial charge in [-0.15, -0.1) is 0 Å². The van der Waals surface area contributed by atoms with Crippen LogP contribution in [0, 0.1) is 6.92 Å². The summed E-state index contributed by atoms with van der Waals surface area (Å²) in [4.78, 5) is 55.5. The highest BCUT2D eigenvalue weighted by molar-refractivity contribution is 5.95. The minimum Gasteiger partial charge on any atom is -0.481 e. The second kappa shape index (κ2) is 5.80. The summed E-state index contributed by atoms with van der Waals surface area (Å²) in [7, 11) is 1.45. The van der Waals surface area contributed by atoms with E-state index in [9.17, 15) is 19.2 Å².